The first-order valence-corrected chi connectivity index (χ1v) is 5.90. The molecule has 0 atom stereocenters. The summed E-state index contributed by atoms with van der Waals surface area (Å²) in [6.45, 7) is 12.3. The predicted molar refractivity (Wildman–Crippen MR) is 67.7 cm³/mol. The molecule has 0 unspecified atom stereocenters. The molecule has 0 aliphatic heterocycles. The molecule has 1 N–H and O–H groups in total. The van der Waals surface area contributed by atoms with Crippen molar-refractivity contribution in [3.05, 3.63) is 0 Å². The number of carbonyl (C=O) groups excluding carboxylic acids is 2. The lowest BCUT2D eigenvalue weighted by Gasteiger charge is -2.27. The van der Waals surface area contributed by atoms with Gasteiger partial charge in [-0.25, -0.2) is 0 Å². The van der Waals surface area contributed by atoms with Gasteiger partial charge in [0.1, 0.15) is 5.78 Å². The summed E-state index contributed by atoms with van der Waals surface area (Å²) in [5, 5.41) is 2.77. The van der Waals surface area contributed by atoms with Gasteiger partial charge in [-0.1, -0.05) is 27.7 Å². The molecule has 0 saturated heterocycles. The third-order valence-corrected chi connectivity index (χ3v) is 2.72. The van der Waals surface area contributed by atoms with Crippen LogP contribution >= 0.6 is 0 Å². The van der Waals surface area contributed by atoms with Gasteiger partial charge in [0.15, 0.2) is 0 Å². The number of nitrogens with one attached hydrogen (secondary N) is 1. The van der Waals surface area contributed by atoms with Gasteiger partial charge < -0.3 is 10.1 Å². The second-order valence-electron chi connectivity index (χ2n) is 6.01. The molecule has 0 fully saturated rings. The zero-order valence-electron chi connectivity index (χ0n) is 11.8. The lowest BCUT2D eigenvalue weighted by Crippen LogP contribution is -2.37. The molecule has 1 amide bonds. The number of Topliss-reactive ketones (excluding diaryl/α,β-unsaturated/α-hetero) is 1. The van der Waals surface area contributed by atoms with Crippen molar-refractivity contribution in [3.8, 4) is 0 Å². The van der Waals surface area contributed by atoms with Crippen LogP contribution in [-0.2, 0) is 14.3 Å². The average Bonchev–Trinajstić information content (AvgIpc) is 2.14. The number of ether oxygens (including phenoxy) is 1. The van der Waals surface area contributed by atoms with Gasteiger partial charge in [0.25, 0.3) is 0 Å². The maximum Gasteiger partial charge on any atom is 0.216 e. The lowest BCUT2D eigenvalue weighted by atomic mass is 9.90. The molecule has 4 nitrogen and oxygen atoms in total. The predicted octanol–water partition coefficient (Wildman–Crippen LogP) is 1.78. The third kappa shape index (κ3) is 7.10. The van der Waals surface area contributed by atoms with Crippen molar-refractivity contribution in [2.24, 2.45) is 10.8 Å². The van der Waals surface area contributed by atoms with Crippen molar-refractivity contribution < 1.29 is 14.3 Å². The van der Waals surface area contributed by atoms with Gasteiger partial charge >= 0.3 is 0 Å². The minimum Gasteiger partial charge on any atom is -0.380 e. The number of amides is 1. The van der Waals surface area contributed by atoms with Crippen molar-refractivity contribution in [1.82, 2.24) is 5.32 Å². The Kier molecular flexibility index (Phi) is 5.82. The summed E-state index contributed by atoms with van der Waals surface area (Å²) in [7, 11) is 0. The van der Waals surface area contributed by atoms with E-state index in [0.717, 1.165) is 0 Å². The highest BCUT2D eigenvalue weighted by Crippen LogP contribution is 2.20. The Morgan fingerprint density at radius 3 is 2.00 bits per heavy atom. The molecule has 0 aromatic heterocycles. The second-order valence-corrected chi connectivity index (χ2v) is 6.01. The zero-order chi connectivity index (χ0) is 13.7. The van der Waals surface area contributed by atoms with Gasteiger partial charge in [-0.3, -0.25) is 9.59 Å². The van der Waals surface area contributed by atoms with Crippen LogP contribution in [0.25, 0.3) is 0 Å². The summed E-state index contributed by atoms with van der Waals surface area (Å²) in [6.07, 6.45) is 0. The molecule has 0 spiro atoms. The molecule has 100 valence electrons. The Hall–Kier alpha value is -0.900. The molecule has 17 heavy (non-hydrogen) atoms. The molecule has 0 rings (SSSR count). The minimum absolute atomic E-state index is 0.0397. The largest absolute Gasteiger partial charge is 0.380 e. The molecule has 0 saturated carbocycles. The Bertz CT molecular complexity index is 282. The fraction of sp³-hybridized carbons (Fsp3) is 0.846. The first kappa shape index (κ1) is 16.1. The Balaban J connectivity index is 4.02. The monoisotopic (exact) mass is 243 g/mol. The van der Waals surface area contributed by atoms with Crippen LogP contribution < -0.4 is 5.32 Å². The molecule has 0 bridgehead atoms. The topological polar surface area (TPSA) is 55.4 Å². The summed E-state index contributed by atoms with van der Waals surface area (Å²) in [5.74, 6) is 0.0827. The smallest absolute Gasteiger partial charge is 0.216 e. The van der Waals surface area contributed by atoms with E-state index in [1.807, 2.05) is 27.7 Å². The van der Waals surface area contributed by atoms with Gasteiger partial charge in [-0.05, 0) is 6.92 Å². The van der Waals surface area contributed by atoms with E-state index in [4.69, 9.17) is 4.74 Å². The van der Waals surface area contributed by atoms with E-state index in [9.17, 15) is 9.59 Å². The molecule has 0 aromatic rings. The third-order valence-electron chi connectivity index (χ3n) is 2.72. The lowest BCUT2D eigenvalue weighted by molar-refractivity contribution is -0.128. The highest BCUT2D eigenvalue weighted by molar-refractivity contribution is 5.81. The van der Waals surface area contributed by atoms with Crippen LogP contribution in [0.2, 0.25) is 0 Å². The summed E-state index contributed by atoms with van der Waals surface area (Å²) in [5.41, 5.74) is -0.567. The second kappa shape index (κ2) is 6.15. The molecule has 0 aliphatic rings. The van der Waals surface area contributed by atoms with Crippen molar-refractivity contribution in [2.45, 2.75) is 41.5 Å². The van der Waals surface area contributed by atoms with Crippen molar-refractivity contribution in [1.29, 1.82) is 0 Å². The van der Waals surface area contributed by atoms with Crippen molar-refractivity contribution >= 4 is 11.7 Å². The van der Waals surface area contributed by atoms with Crippen LogP contribution in [0.15, 0.2) is 0 Å². The number of carbonyl (C=O) groups is 2. The summed E-state index contributed by atoms with van der Waals surface area (Å²) < 4.78 is 5.58. The zero-order valence-corrected chi connectivity index (χ0v) is 11.8. The fourth-order valence-corrected chi connectivity index (χ4v) is 1.10. The van der Waals surface area contributed by atoms with E-state index in [-0.39, 0.29) is 17.1 Å². The van der Waals surface area contributed by atoms with Gasteiger partial charge in [0.05, 0.1) is 13.2 Å². The van der Waals surface area contributed by atoms with Gasteiger partial charge in [-0.15, -0.1) is 0 Å². The first-order chi connectivity index (χ1) is 7.57. The van der Waals surface area contributed by atoms with Gasteiger partial charge in [-0.2, -0.15) is 0 Å². The first-order valence-electron chi connectivity index (χ1n) is 5.90. The van der Waals surface area contributed by atoms with Crippen LogP contribution in [-0.4, -0.2) is 31.4 Å². The molecule has 4 heteroatoms. The SMILES string of the molecule is CC(=O)NCC(C)(C)COCC(C)(C)C(C)=O. The number of rotatable bonds is 7. The average molecular weight is 243 g/mol. The summed E-state index contributed by atoms with van der Waals surface area (Å²) in [6, 6.07) is 0. The Morgan fingerprint density at radius 1 is 1.06 bits per heavy atom. The summed E-state index contributed by atoms with van der Waals surface area (Å²) >= 11 is 0. The van der Waals surface area contributed by atoms with E-state index >= 15 is 0 Å². The van der Waals surface area contributed by atoms with Crippen LogP contribution in [0.5, 0.6) is 0 Å². The molecular formula is C13H25NO3. The normalized spacial score (nSPS) is 12.4. The molecule has 0 heterocycles. The number of hydrogen-bond acceptors (Lipinski definition) is 3. The van der Waals surface area contributed by atoms with Gasteiger partial charge in [0, 0.05) is 24.3 Å². The maximum atomic E-state index is 11.3. The van der Waals surface area contributed by atoms with E-state index in [1.54, 1.807) is 6.92 Å². The molecule has 0 radical (unpaired) electrons. The van der Waals surface area contributed by atoms with Crippen LogP contribution in [0.3, 0.4) is 0 Å². The van der Waals surface area contributed by atoms with Gasteiger partial charge in [0.2, 0.25) is 5.91 Å². The van der Waals surface area contributed by atoms with E-state index in [2.05, 4.69) is 5.32 Å². The highest BCUT2D eigenvalue weighted by Gasteiger charge is 2.26. The fourth-order valence-electron chi connectivity index (χ4n) is 1.10. The van der Waals surface area contributed by atoms with Crippen LogP contribution in [0.4, 0.5) is 0 Å². The number of hydrogen-bond donors (Lipinski definition) is 1. The maximum absolute atomic E-state index is 11.3. The van der Waals surface area contributed by atoms with E-state index in [0.29, 0.717) is 19.8 Å². The Morgan fingerprint density at radius 2 is 1.59 bits per heavy atom. The standard InChI is InChI=1S/C13H25NO3/c1-10(15)13(5,6)9-17-8-12(3,4)7-14-11(2)16/h7-9H2,1-6H3,(H,14,16). The highest BCUT2D eigenvalue weighted by atomic mass is 16.5. The van der Waals surface area contributed by atoms with Crippen molar-refractivity contribution in [2.75, 3.05) is 19.8 Å². The molecular weight excluding hydrogens is 218 g/mol. The van der Waals surface area contributed by atoms with E-state index < -0.39 is 5.41 Å². The number of ketones is 1. The van der Waals surface area contributed by atoms with Crippen LogP contribution in [0, 0.1) is 10.8 Å². The Labute approximate surface area is 104 Å². The van der Waals surface area contributed by atoms with Crippen LogP contribution in [0.1, 0.15) is 41.5 Å². The minimum atomic E-state index is -0.440. The molecule has 0 aromatic carbocycles. The van der Waals surface area contributed by atoms with E-state index in [1.165, 1.54) is 6.92 Å². The molecule has 0 aliphatic carbocycles. The van der Waals surface area contributed by atoms with Crippen molar-refractivity contribution in [3.63, 3.8) is 0 Å². The summed E-state index contributed by atoms with van der Waals surface area (Å²) in [4.78, 5) is 22.1. The quantitative estimate of drug-likeness (QED) is 0.741.